The number of nitrogens with one attached hydrogen (secondary N) is 1. The monoisotopic (exact) mass is 217 g/mol. The summed E-state index contributed by atoms with van der Waals surface area (Å²) in [6.07, 6.45) is -4.38. The molecular formula is C3H3BrF3N3. The van der Waals surface area contributed by atoms with E-state index in [9.17, 15) is 13.2 Å². The second-order valence-corrected chi connectivity index (χ2v) is 2.47. The highest BCUT2D eigenvalue weighted by Gasteiger charge is 2.41. The molecule has 0 atom stereocenters. The van der Waals surface area contributed by atoms with Crippen LogP contribution in [0.1, 0.15) is 0 Å². The molecule has 10 heavy (non-hydrogen) atoms. The van der Waals surface area contributed by atoms with Crippen LogP contribution in [0.2, 0.25) is 0 Å². The molecule has 0 saturated heterocycles. The van der Waals surface area contributed by atoms with Gasteiger partial charge in [0.05, 0.1) is 16.1 Å². The van der Waals surface area contributed by atoms with Gasteiger partial charge in [0.15, 0.2) is 0 Å². The molecule has 0 unspecified atom stereocenters. The number of alkyl halides is 3. The molecular weight excluding hydrogens is 215 g/mol. The summed E-state index contributed by atoms with van der Waals surface area (Å²) in [4.78, 5) is 0. The number of amidine groups is 1. The van der Waals surface area contributed by atoms with Gasteiger partial charge in [-0.3, -0.25) is 9.35 Å². The van der Waals surface area contributed by atoms with E-state index in [1.165, 1.54) is 0 Å². The molecule has 3 nitrogen and oxygen atoms in total. The highest BCUT2D eigenvalue weighted by Crippen LogP contribution is 2.23. The third-order valence-electron chi connectivity index (χ3n) is 0.878. The van der Waals surface area contributed by atoms with Crippen LogP contribution in [-0.2, 0) is 0 Å². The molecule has 0 amide bonds. The molecule has 0 aromatic heterocycles. The van der Waals surface area contributed by atoms with E-state index >= 15 is 0 Å². The molecule has 0 saturated carbocycles. The topological polar surface area (TPSA) is 27.6 Å². The van der Waals surface area contributed by atoms with Crippen molar-refractivity contribution in [3.63, 3.8) is 0 Å². The van der Waals surface area contributed by atoms with E-state index in [2.05, 4.69) is 26.7 Å². The molecule has 0 radical (unpaired) electrons. The predicted molar refractivity (Wildman–Crippen MR) is 32.3 cm³/mol. The van der Waals surface area contributed by atoms with E-state index in [0.717, 1.165) is 3.93 Å². The third kappa shape index (κ3) is 1.34. The van der Waals surface area contributed by atoms with Crippen LogP contribution in [-0.4, -0.2) is 22.6 Å². The molecule has 1 aliphatic rings. The Balaban J connectivity index is 2.72. The number of halogens is 4. The standard InChI is InChI=1S/C3H3BrF3N3/c4-10-1-8-9-2(10)3(5,6)7/h8H,1H2. The maximum absolute atomic E-state index is 11.8. The molecule has 0 aliphatic carbocycles. The molecule has 1 N–H and O–H groups in total. The largest absolute Gasteiger partial charge is 0.452 e. The quantitative estimate of drug-likeness (QED) is 0.615. The van der Waals surface area contributed by atoms with E-state index in [4.69, 9.17) is 0 Å². The first-order valence-corrected chi connectivity index (χ1v) is 3.04. The second-order valence-electron chi connectivity index (χ2n) is 1.61. The molecule has 1 rings (SSSR count). The average molecular weight is 218 g/mol. The SMILES string of the molecule is FC(F)(F)C1=NNCN1Br. The van der Waals surface area contributed by atoms with Gasteiger partial charge < -0.3 is 0 Å². The van der Waals surface area contributed by atoms with Crippen LogP contribution in [0.3, 0.4) is 0 Å². The summed E-state index contributed by atoms with van der Waals surface area (Å²) in [5, 5.41) is 3.01. The normalized spacial score (nSPS) is 18.8. The Labute approximate surface area is 63.2 Å². The van der Waals surface area contributed by atoms with Crippen molar-refractivity contribution in [3.05, 3.63) is 0 Å². The first kappa shape index (κ1) is 7.64. The molecule has 0 spiro atoms. The number of nitrogens with zero attached hydrogens (tertiary/aromatic N) is 2. The van der Waals surface area contributed by atoms with Crippen molar-refractivity contribution in [1.29, 1.82) is 0 Å². The number of hydrogen-bond acceptors (Lipinski definition) is 3. The van der Waals surface area contributed by atoms with Gasteiger partial charge in [0.1, 0.15) is 6.67 Å². The van der Waals surface area contributed by atoms with E-state index in [1.54, 1.807) is 0 Å². The molecule has 0 bridgehead atoms. The number of hydrogen-bond donors (Lipinski definition) is 1. The molecule has 0 aromatic rings. The Bertz CT molecular complexity index is 165. The number of hydrazone groups is 1. The van der Waals surface area contributed by atoms with E-state index in [0.29, 0.717) is 0 Å². The van der Waals surface area contributed by atoms with Gasteiger partial charge in [-0.2, -0.15) is 18.3 Å². The lowest BCUT2D eigenvalue weighted by Gasteiger charge is -2.10. The van der Waals surface area contributed by atoms with Crippen molar-refractivity contribution in [1.82, 2.24) is 9.35 Å². The highest BCUT2D eigenvalue weighted by atomic mass is 79.9. The van der Waals surface area contributed by atoms with Crippen LogP contribution in [0.4, 0.5) is 13.2 Å². The zero-order valence-corrected chi connectivity index (χ0v) is 6.20. The van der Waals surface area contributed by atoms with Crippen LogP contribution in [0.15, 0.2) is 5.10 Å². The maximum Gasteiger partial charge on any atom is 0.452 e. The first-order valence-electron chi connectivity index (χ1n) is 2.33. The van der Waals surface area contributed by atoms with Crippen molar-refractivity contribution >= 4 is 22.0 Å². The Hall–Kier alpha value is -0.460. The summed E-state index contributed by atoms with van der Waals surface area (Å²) in [5.74, 6) is -0.951. The molecule has 7 heteroatoms. The molecule has 0 fully saturated rings. The lowest BCUT2D eigenvalue weighted by atomic mass is 10.6. The van der Waals surface area contributed by atoms with Crippen molar-refractivity contribution in [2.75, 3.05) is 6.67 Å². The summed E-state index contributed by atoms with van der Waals surface area (Å²) in [5.41, 5.74) is 2.18. The first-order chi connectivity index (χ1) is 4.52. The van der Waals surface area contributed by atoms with Crippen molar-refractivity contribution in [2.24, 2.45) is 5.10 Å². The lowest BCUT2D eigenvalue weighted by molar-refractivity contribution is -0.0638. The fourth-order valence-corrected chi connectivity index (χ4v) is 0.895. The van der Waals surface area contributed by atoms with Crippen molar-refractivity contribution in [3.8, 4) is 0 Å². The van der Waals surface area contributed by atoms with E-state index < -0.39 is 12.0 Å². The smallest absolute Gasteiger partial charge is 0.288 e. The third-order valence-corrected chi connectivity index (χ3v) is 1.46. The molecule has 1 heterocycles. The van der Waals surface area contributed by atoms with Gasteiger partial charge in [-0.1, -0.05) is 0 Å². The van der Waals surface area contributed by atoms with Crippen LogP contribution >= 0.6 is 16.1 Å². The lowest BCUT2D eigenvalue weighted by Crippen LogP contribution is -2.31. The van der Waals surface area contributed by atoms with Crippen LogP contribution in [0.25, 0.3) is 0 Å². The summed E-state index contributed by atoms with van der Waals surface area (Å²) in [6, 6.07) is 0. The van der Waals surface area contributed by atoms with Crippen LogP contribution in [0, 0.1) is 0 Å². The Morgan fingerprint density at radius 2 is 2.20 bits per heavy atom. The van der Waals surface area contributed by atoms with Crippen LogP contribution < -0.4 is 5.43 Å². The zero-order chi connectivity index (χ0) is 7.78. The van der Waals surface area contributed by atoms with Gasteiger partial charge in [-0.05, 0) is 0 Å². The highest BCUT2D eigenvalue weighted by molar-refractivity contribution is 9.07. The van der Waals surface area contributed by atoms with Gasteiger partial charge in [0.25, 0.3) is 0 Å². The van der Waals surface area contributed by atoms with Gasteiger partial charge in [-0.25, -0.2) is 0 Å². The minimum absolute atomic E-state index is 0.0366. The van der Waals surface area contributed by atoms with E-state index in [-0.39, 0.29) is 6.67 Å². The second kappa shape index (κ2) is 2.30. The molecule has 0 aromatic carbocycles. The number of rotatable bonds is 0. The summed E-state index contributed by atoms with van der Waals surface area (Å²) in [7, 11) is 0. The van der Waals surface area contributed by atoms with Crippen molar-refractivity contribution in [2.45, 2.75) is 6.18 Å². The average Bonchev–Trinajstić information content (AvgIpc) is 2.11. The predicted octanol–water partition coefficient (Wildman–Crippen LogP) is 1.03. The Kier molecular flexibility index (Phi) is 1.76. The fourth-order valence-electron chi connectivity index (χ4n) is 0.502. The summed E-state index contributed by atoms with van der Waals surface area (Å²) < 4.78 is 36.1. The Morgan fingerprint density at radius 1 is 1.60 bits per heavy atom. The summed E-state index contributed by atoms with van der Waals surface area (Å²) >= 11 is 2.66. The van der Waals surface area contributed by atoms with Gasteiger partial charge in [0.2, 0.25) is 5.84 Å². The maximum atomic E-state index is 11.8. The summed E-state index contributed by atoms with van der Waals surface area (Å²) in [6.45, 7) is 0.0366. The van der Waals surface area contributed by atoms with Gasteiger partial charge in [-0.15, -0.1) is 0 Å². The minimum Gasteiger partial charge on any atom is -0.288 e. The van der Waals surface area contributed by atoms with Crippen molar-refractivity contribution < 1.29 is 13.2 Å². The fraction of sp³-hybridized carbons (Fsp3) is 0.667. The minimum atomic E-state index is -4.38. The van der Waals surface area contributed by atoms with Crippen LogP contribution in [0.5, 0.6) is 0 Å². The van der Waals surface area contributed by atoms with Gasteiger partial charge in [0, 0.05) is 0 Å². The zero-order valence-electron chi connectivity index (χ0n) is 4.61. The van der Waals surface area contributed by atoms with E-state index in [1.807, 2.05) is 0 Å². The molecule has 1 aliphatic heterocycles. The Morgan fingerprint density at radius 3 is 2.40 bits per heavy atom. The molecule has 58 valence electrons. The van der Waals surface area contributed by atoms with Gasteiger partial charge >= 0.3 is 6.18 Å².